The molecule has 6 nitrogen and oxygen atoms in total. The SMILES string of the molecule is C=CCSCCNC(=NC)NC1CCN(S(=O)(=O)C(F)(F)F)CC1.I. The highest BCUT2D eigenvalue weighted by molar-refractivity contribution is 14.0. The molecular formula is C13H24F3IN4O2S2. The lowest BCUT2D eigenvalue weighted by atomic mass is 10.1. The van der Waals surface area contributed by atoms with Gasteiger partial charge >= 0.3 is 15.5 Å². The molecule has 0 spiro atoms. The lowest BCUT2D eigenvalue weighted by molar-refractivity contribution is -0.0494. The average molecular weight is 516 g/mol. The number of aliphatic imine (C=N–C) groups is 1. The zero-order valence-corrected chi connectivity index (χ0v) is 17.8. The molecule has 0 aliphatic carbocycles. The third-order valence-electron chi connectivity index (χ3n) is 3.43. The molecule has 0 bridgehead atoms. The number of rotatable bonds is 7. The van der Waals surface area contributed by atoms with Crippen LogP contribution in [0.3, 0.4) is 0 Å². The molecule has 0 atom stereocenters. The number of nitrogens with one attached hydrogen (secondary N) is 2. The maximum Gasteiger partial charge on any atom is 0.511 e. The highest BCUT2D eigenvalue weighted by Crippen LogP contribution is 2.28. The van der Waals surface area contributed by atoms with E-state index >= 15 is 0 Å². The van der Waals surface area contributed by atoms with Gasteiger partial charge in [-0.3, -0.25) is 4.99 Å². The fourth-order valence-electron chi connectivity index (χ4n) is 2.18. The van der Waals surface area contributed by atoms with Crippen molar-refractivity contribution in [3.05, 3.63) is 12.7 Å². The van der Waals surface area contributed by atoms with Gasteiger partial charge in [-0.1, -0.05) is 6.08 Å². The van der Waals surface area contributed by atoms with Crippen molar-refractivity contribution >= 4 is 51.7 Å². The summed E-state index contributed by atoms with van der Waals surface area (Å²) in [5.74, 6) is 2.29. The molecule has 0 aromatic carbocycles. The van der Waals surface area contributed by atoms with Gasteiger partial charge in [0.1, 0.15) is 0 Å². The van der Waals surface area contributed by atoms with E-state index in [4.69, 9.17) is 0 Å². The van der Waals surface area contributed by atoms with E-state index in [0.717, 1.165) is 11.5 Å². The van der Waals surface area contributed by atoms with Crippen LogP contribution in [0.4, 0.5) is 13.2 Å². The Morgan fingerprint density at radius 3 is 2.48 bits per heavy atom. The first-order chi connectivity index (χ1) is 11.2. The second-order valence-corrected chi connectivity index (χ2v) is 8.21. The standard InChI is InChI=1S/C13H23F3N4O2S2.HI/c1-3-9-23-10-6-18-12(17-2)19-11-4-7-20(8-5-11)24(21,22)13(14,15)16;/h3,11H,1,4-10H2,2H3,(H2,17,18,19);1H. The Hall–Kier alpha value is -0.210. The van der Waals surface area contributed by atoms with Crippen molar-refractivity contribution in [1.29, 1.82) is 0 Å². The van der Waals surface area contributed by atoms with Gasteiger partial charge in [0.05, 0.1) is 0 Å². The zero-order chi connectivity index (χ0) is 18.2. The predicted molar refractivity (Wildman–Crippen MR) is 107 cm³/mol. The van der Waals surface area contributed by atoms with Crippen LogP contribution >= 0.6 is 35.7 Å². The summed E-state index contributed by atoms with van der Waals surface area (Å²) in [5, 5.41) is 6.23. The first kappa shape index (κ1) is 24.8. The summed E-state index contributed by atoms with van der Waals surface area (Å²) >= 11 is 1.71. The lowest BCUT2D eigenvalue weighted by Crippen LogP contribution is -2.51. The third-order valence-corrected chi connectivity index (χ3v) is 6.02. The Kier molecular flexibility index (Phi) is 11.4. The predicted octanol–water partition coefficient (Wildman–Crippen LogP) is 2.00. The number of piperidine rings is 1. The minimum atomic E-state index is -5.24. The summed E-state index contributed by atoms with van der Waals surface area (Å²) in [6.45, 7) is 4.00. The van der Waals surface area contributed by atoms with Gasteiger partial charge in [-0.15, -0.1) is 30.6 Å². The molecule has 0 radical (unpaired) electrons. The quantitative estimate of drug-likeness (QED) is 0.178. The maximum atomic E-state index is 12.5. The molecular weight excluding hydrogens is 492 g/mol. The third kappa shape index (κ3) is 7.91. The Bertz CT molecular complexity index is 536. The highest BCUT2D eigenvalue weighted by atomic mass is 127. The highest BCUT2D eigenvalue weighted by Gasteiger charge is 2.50. The number of hydrogen-bond donors (Lipinski definition) is 2. The summed E-state index contributed by atoms with van der Waals surface area (Å²) in [4.78, 5) is 4.06. The van der Waals surface area contributed by atoms with Crippen molar-refractivity contribution in [1.82, 2.24) is 14.9 Å². The van der Waals surface area contributed by atoms with E-state index in [1.54, 1.807) is 18.8 Å². The fourth-order valence-corrected chi connectivity index (χ4v) is 3.75. The molecule has 1 aliphatic heterocycles. The van der Waals surface area contributed by atoms with Crippen molar-refractivity contribution in [2.45, 2.75) is 24.4 Å². The lowest BCUT2D eigenvalue weighted by Gasteiger charge is -2.32. The Labute approximate surface area is 168 Å². The number of hydrogen-bond acceptors (Lipinski definition) is 4. The zero-order valence-electron chi connectivity index (χ0n) is 13.9. The number of sulfonamides is 1. The van der Waals surface area contributed by atoms with Crippen LogP contribution in [-0.4, -0.2) is 68.4 Å². The van der Waals surface area contributed by atoms with Gasteiger partial charge in [-0.2, -0.15) is 29.2 Å². The van der Waals surface area contributed by atoms with Crippen LogP contribution < -0.4 is 10.6 Å². The molecule has 1 rings (SSSR count). The molecule has 2 N–H and O–H groups in total. The molecule has 0 aromatic heterocycles. The van der Waals surface area contributed by atoms with Crippen LogP contribution in [0.5, 0.6) is 0 Å². The Morgan fingerprint density at radius 2 is 2.00 bits per heavy atom. The van der Waals surface area contributed by atoms with Gasteiger partial charge in [0.15, 0.2) is 5.96 Å². The van der Waals surface area contributed by atoms with Gasteiger partial charge in [-0.05, 0) is 12.8 Å². The monoisotopic (exact) mass is 516 g/mol. The van der Waals surface area contributed by atoms with E-state index in [0.29, 0.717) is 29.7 Å². The molecule has 12 heteroatoms. The summed E-state index contributed by atoms with van der Waals surface area (Å²) in [6.07, 6.45) is 2.41. The largest absolute Gasteiger partial charge is 0.511 e. The van der Waals surface area contributed by atoms with Gasteiger partial charge in [0.25, 0.3) is 0 Å². The van der Waals surface area contributed by atoms with Crippen molar-refractivity contribution < 1.29 is 21.6 Å². The molecule has 0 amide bonds. The minimum Gasteiger partial charge on any atom is -0.356 e. The minimum absolute atomic E-state index is 0. The maximum absolute atomic E-state index is 12.5. The molecule has 1 aliphatic rings. The van der Waals surface area contributed by atoms with Crippen LogP contribution in [-0.2, 0) is 10.0 Å². The number of nitrogens with zero attached hydrogens (tertiary/aromatic N) is 2. The molecule has 0 unspecified atom stereocenters. The average Bonchev–Trinajstić information content (AvgIpc) is 2.53. The van der Waals surface area contributed by atoms with Crippen molar-refractivity contribution in [3.8, 4) is 0 Å². The van der Waals surface area contributed by atoms with Gasteiger partial charge < -0.3 is 10.6 Å². The van der Waals surface area contributed by atoms with Crippen molar-refractivity contribution in [3.63, 3.8) is 0 Å². The summed E-state index contributed by atoms with van der Waals surface area (Å²) in [7, 11) is -3.62. The van der Waals surface area contributed by atoms with E-state index < -0.39 is 15.5 Å². The molecule has 1 heterocycles. The first-order valence-corrected chi connectivity index (χ1v) is 10.0. The van der Waals surface area contributed by atoms with Crippen LogP contribution in [0.1, 0.15) is 12.8 Å². The Balaban J connectivity index is 0.00000576. The molecule has 0 saturated carbocycles. The van der Waals surface area contributed by atoms with Crippen LogP contribution in [0, 0.1) is 0 Å². The molecule has 1 saturated heterocycles. The summed E-state index contributed by atoms with van der Waals surface area (Å²) < 4.78 is 60.8. The van der Waals surface area contributed by atoms with Crippen LogP contribution in [0.15, 0.2) is 17.6 Å². The topological polar surface area (TPSA) is 73.8 Å². The number of alkyl halides is 3. The van der Waals surface area contributed by atoms with E-state index in [9.17, 15) is 21.6 Å². The van der Waals surface area contributed by atoms with E-state index in [1.165, 1.54) is 0 Å². The number of thioether (sulfide) groups is 1. The summed E-state index contributed by atoms with van der Waals surface area (Å²) in [6, 6.07) is -0.114. The summed E-state index contributed by atoms with van der Waals surface area (Å²) in [5.41, 5.74) is -5.24. The molecule has 25 heavy (non-hydrogen) atoms. The number of halogens is 4. The van der Waals surface area contributed by atoms with E-state index in [1.807, 2.05) is 6.08 Å². The van der Waals surface area contributed by atoms with Gasteiger partial charge in [0, 0.05) is 44.2 Å². The smallest absolute Gasteiger partial charge is 0.356 e. The van der Waals surface area contributed by atoms with Gasteiger partial charge in [0.2, 0.25) is 0 Å². The van der Waals surface area contributed by atoms with E-state index in [-0.39, 0.29) is 43.1 Å². The van der Waals surface area contributed by atoms with Gasteiger partial charge in [-0.25, -0.2) is 8.42 Å². The second kappa shape index (κ2) is 11.5. The van der Waals surface area contributed by atoms with Crippen LogP contribution in [0.25, 0.3) is 0 Å². The molecule has 0 aromatic rings. The molecule has 1 fully saturated rings. The second-order valence-electron chi connectivity index (χ2n) is 5.13. The fraction of sp³-hybridized carbons (Fsp3) is 0.769. The Morgan fingerprint density at radius 1 is 1.40 bits per heavy atom. The number of guanidine groups is 1. The van der Waals surface area contributed by atoms with E-state index in [2.05, 4.69) is 22.2 Å². The van der Waals surface area contributed by atoms with Crippen molar-refractivity contribution in [2.75, 3.05) is 38.2 Å². The normalized spacial score (nSPS) is 17.7. The molecule has 148 valence electrons. The first-order valence-electron chi connectivity index (χ1n) is 7.44. The van der Waals surface area contributed by atoms with Crippen LogP contribution in [0.2, 0.25) is 0 Å². The van der Waals surface area contributed by atoms with Crippen molar-refractivity contribution in [2.24, 2.45) is 4.99 Å².